The molecule has 27 heavy (non-hydrogen) atoms. The van der Waals surface area contributed by atoms with Crippen molar-refractivity contribution in [1.82, 2.24) is 15.0 Å². The second kappa shape index (κ2) is 4.85. The number of likely N-dealkylation sites (N-methyl/N-ethyl adjacent to an activating group) is 1. The van der Waals surface area contributed by atoms with Crippen LogP contribution in [0.5, 0.6) is 0 Å². The molecule has 5 aliphatic rings. The minimum absolute atomic E-state index is 0.200. The zero-order chi connectivity index (χ0) is 18.5. The molecular formula is C19H22N5O3+. The van der Waals surface area contributed by atoms with Crippen LogP contribution in [-0.2, 0) is 11.3 Å². The van der Waals surface area contributed by atoms with Crippen LogP contribution in [0.15, 0.2) is 15.7 Å². The fourth-order valence-electron chi connectivity index (χ4n) is 5.97. The molecule has 8 heteroatoms. The Morgan fingerprint density at radius 2 is 2.22 bits per heavy atom. The smallest absolute Gasteiger partial charge is 0.334 e. The summed E-state index contributed by atoms with van der Waals surface area (Å²) >= 11 is 0. The van der Waals surface area contributed by atoms with Crippen molar-refractivity contribution in [2.45, 2.75) is 44.7 Å². The van der Waals surface area contributed by atoms with E-state index in [4.69, 9.17) is 4.52 Å². The van der Waals surface area contributed by atoms with Gasteiger partial charge in [-0.2, -0.15) is 0 Å². The molecule has 3 aliphatic heterocycles. The minimum Gasteiger partial charge on any atom is -0.361 e. The molecule has 0 aromatic carbocycles. The summed E-state index contributed by atoms with van der Waals surface area (Å²) in [5.41, 5.74) is 1.21. The lowest BCUT2D eigenvalue weighted by molar-refractivity contribution is -0.535. The molecule has 5 unspecified atom stereocenters. The van der Waals surface area contributed by atoms with Crippen LogP contribution in [0.4, 0.5) is 4.79 Å². The maximum atomic E-state index is 13.2. The maximum Gasteiger partial charge on any atom is 0.334 e. The molecule has 0 radical (unpaired) electrons. The maximum absolute atomic E-state index is 13.2. The van der Waals surface area contributed by atoms with Crippen molar-refractivity contribution in [3.63, 3.8) is 0 Å². The van der Waals surface area contributed by atoms with E-state index in [0.29, 0.717) is 23.1 Å². The van der Waals surface area contributed by atoms with Crippen LogP contribution in [0.1, 0.15) is 43.4 Å². The highest BCUT2D eigenvalue weighted by Gasteiger charge is 2.67. The van der Waals surface area contributed by atoms with Crippen molar-refractivity contribution in [3.8, 4) is 0 Å². The summed E-state index contributed by atoms with van der Waals surface area (Å²) in [4.78, 5) is 33.3. The summed E-state index contributed by atoms with van der Waals surface area (Å²) in [5.74, 6) is 2.57. The number of aliphatic imine (C=N–C) groups is 1. The number of fused-ring (bicyclic) bond motifs is 2. The van der Waals surface area contributed by atoms with E-state index in [1.807, 2.05) is 4.58 Å². The molecule has 5 atom stereocenters. The Balaban J connectivity index is 1.47. The average molecular weight is 368 g/mol. The molecule has 2 bridgehead atoms. The van der Waals surface area contributed by atoms with Crippen LogP contribution in [-0.4, -0.2) is 63.3 Å². The van der Waals surface area contributed by atoms with E-state index in [1.54, 1.807) is 19.6 Å². The third kappa shape index (κ3) is 1.81. The highest BCUT2D eigenvalue weighted by molar-refractivity contribution is 6.21. The molecule has 1 aromatic rings. The largest absolute Gasteiger partial charge is 0.361 e. The fourth-order valence-corrected chi connectivity index (χ4v) is 5.97. The van der Waals surface area contributed by atoms with Gasteiger partial charge in [0.25, 0.3) is 24.1 Å². The topological polar surface area (TPSA) is 82.0 Å². The minimum atomic E-state index is -0.496. The number of hydrogen-bond acceptors (Lipinski definition) is 5. The standard InChI is InChI=1S/C19H22N5O3/c1-10-13-3-4-19(13)5-12(19)8-23-9-20-16-14(23)17(25)24(18(26)22(16)2)7-11-6-21-27-15(10)11/h6,9-10,12-14H,3-5,7-8H2,1-2H3/q+1. The number of hydrogen-bond donors (Lipinski definition) is 0. The second-order valence-electron chi connectivity index (χ2n) is 8.75. The van der Waals surface area contributed by atoms with Crippen molar-refractivity contribution in [3.05, 3.63) is 17.5 Å². The Labute approximate surface area is 156 Å². The first-order valence-corrected chi connectivity index (χ1v) is 9.70. The molecule has 3 amide bonds. The predicted octanol–water partition coefficient (Wildman–Crippen LogP) is 1.42. The summed E-state index contributed by atoms with van der Waals surface area (Å²) in [5, 5.41) is 4.00. The van der Waals surface area contributed by atoms with E-state index in [1.165, 1.54) is 29.1 Å². The number of rotatable bonds is 0. The first-order valence-electron chi connectivity index (χ1n) is 9.70. The van der Waals surface area contributed by atoms with E-state index in [-0.39, 0.29) is 24.4 Å². The van der Waals surface area contributed by atoms with Gasteiger partial charge in [-0.25, -0.2) is 9.37 Å². The Morgan fingerprint density at radius 1 is 1.37 bits per heavy atom. The molecule has 0 N–H and O–H groups in total. The molecule has 6 rings (SSSR count). The number of aromatic nitrogens is 1. The number of imide groups is 1. The molecule has 1 spiro atoms. The third-order valence-corrected chi connectivity index (χ3v) is 7.67. The van der Waals surface area contributed by atoms with E-state index in [9.17, 15) is 9.59 Å². The van der Waals surface area contributed by atoms with Crippen molar-refractivity contribution < 1.29 is 18.7 Å². The lowest BCUT2D eigenvalue weighted by Crippen LogP contribution is -2.62. The molecule has 2 aliphatic carbocycles. The SMILES string of the molecule is CC1c2oncc2CN2C(=O)C3C(=NC=[N+]3CC3CC34CCC14)N(C)C2=O. The summed E-state index contributed by atoms with van der Waals surface area (Å²) in [6, 6.07) is -0.837. The normalized spacial score (nSPS) is 39.3. The lowest BCUT2D eigenvalue weighted by atomic mass is 9.62. The van der Waals surface area contributed by atoms with Crippen molar-refractivity contribution >= 4 is 24.1 Å². The number of carbonyl (C=O) groups is 2. The summed E-state index contributed by atoms with van der Waals surface area (Å²) < 4.78 is 7.67. The van der Waals surface area contributed by atoms with E-state index in [2.05, 4.69) is 17.1 Å². The fraction of sp³-hybridized carbons (Fsp3) is 0.632. The quantitative estimate of drug-likeness (QED) is 0.649. The first-order chi connectivity index (χ1) is 13.0. The van der Waals surface area contributed by atoms with Gasteiger partial charge in [0.1, 0.15) is 5.76 Å². The Kier molecular flexibility index (Phi) is 2.79. The van der Waals surface area contributed by atoms with Crippen LogP contribution in [0, 0.1) is 17.3 Å². The van der Waals surface area contributed by atoms with Gasteiger partial charge in [0, 0.05) is 24.4 Å². The Morgan fingerprint density at radius 3 is 3.00 bits per heavy atom. The van der Waals surface area contributed by atoms with Crippen molar-refractivity contribution in [2.75, 3.05) is 13.6 Å². The van der Waals surface area contributed by atoms with Gasteiger partial charge in [-0.15, -0.1) is 0 Å². The molecule has 1 aromatic heterocycles. The monoisotopic (exact) mass is 368 g/mol. The van der Waals surface area contributed by atoms with Crippen LogP contribution in [0.2, 0.25) is 0 Å². The molecule has 3 fully saturated rings. The highest BCUT2D eigenvalue weighted by Crippen LogP contribution is 2.71. The Bertz CT molecular complexity index is 949. The average Bonchev–Trinajstić information content (AvgIpc) is 2.98. The molecular weight excluding hydrogens is 346 g/mol. The second-order valence-corrected chi connectivity index (χ2v) is 8.75. The summed E-state index contributed by atoms with van der Waals surface area (Å²) in [6.45, 7) is 3.23. The van der Waals surface area contributed by atoms with Gasteiger partial charge < -0.3 is 4.52 Å². The summed E-state index contributed by atoms with van der Waals surface area (Å²) in [7, 11) is 1.69. The van der Waals surface area contributed by atoms with Crippen LogP contribution in [0.25, 0.3) is 0 Å². The van der Waals surface area contributed by atoms with Crippen molar-refractivity contribution in [1.29, 1.82) is 0 Å². The predicted molar refractivity (Wildman–Crippen MR) is 94.3 cm³/mol. The van der Waals surface area contributed by atoms with Crippen LogP contribution < -0.4 is 0 Å². The van der Waals surface area contributed by atoms with Gasteiger partial charge in [-0.3, -0.25) is 14.6 Å². The first kappa shape index (κ1) is 15.5. The molecule has 1 saturated heterocycles. The van der Waals surface area contributed by atoms with Gasteiger partial charge in [0.15, 0.2) is 0 Å². The lowest BCUT2D eigenvalue weighted by Gasteiger charge is -2.42. The number of urea groups is 1. The van der Waals surface area contributed by atoms with Gasteiger partial charge in [0.05, 0.1) is 19.3 Å². The molecule has 140 valence electrons. The van der Waals surface area contributed by atoms with E-state index < -0.39 is 6.04 Å². The molecule has 8 nitrogen and oxygen atoms in total. The molecule has 4 heterocycles. The third-order valence-electron chi connectivity index (χ3n) is 7.67. The van der Waals surface area contributed by atoms with Crippen LogP contribution >= 0.6 is 0 Å². The van der Waals surface area contributed by atoms with Crippen LogP contribution in [0.3, 0.4) is 0 Å². The number of nitrogens with zero attached hydrogens (tertiary/aromatic N) is 5. The van der Waals surface area contributed by atoms with Gasteiger partial charge in [-0.05, 0) is 35.6 Å². The molecule has 2 saturated carbocycles. The van der Waals surface area contributed by atoms with Gasteiger partial charge in [0.2, 0.25) is 0 Å². The van der Waals surface area contributed by atoms with Gasteiger partial charge in [-0.1, -0.05) is 12.1 Å². The van der Waals surface area contributed by atoms with Crippen molar-refractivity contribution in [2.24, 2.45) is 22.2 Å². The number of amidine groups is 1. The number of carbonyl (C=O) groups excluding carboxylic acids is 2. The Hall–Kier alpha value is -2.51. The number of amides is 3. The zero-order valence-electron chi connectivity index (χ0n) is 15.5. The highest BCUT2D eigenvalue weighted by atomic mass is 16.5. The zero-order valence-corrected chi connectivity index (χ0v) is 15.5. The van der Waals surface area contributed by atoms with E-state index >= 15 is 0 Å². The summed E-state index contributed by atoms with van der Waals surface area (Å²) in [6.07, 6.45) is 7.07. The van der Waals surface area contributed by atoms with Gasteiger partial charge >= 0.3 is 6.03 Å². The van der Waals surface area contributed by atoms with E-state index in [0.717, 1.165) is 17.9 Å².